The maximum atomic E-state index is 12.2. The van der Waals surface area contributed by atoms with E-state index in [1.165, 1.54) is 52.4 Å². The predicted molar refractivity (Wildman–Crippen MR) is 84.3 cm³/mol. The zero-order valence-corrected chi connectivity index (χ0v) is 14.3. The lowest BCUT2D eigenvalue weighted by atomic mass is 10.0. The van der Waals surface area contributed by atoms with Gasteiger partial charge in [0.2, 0.25) is 15.9 Å². The Bertz CT molecular complexity index is 685. The highest BCUT2D eigenvalue weighted by atomic mass is 32.2. The van der Waals surface area contributed by atoms with E-state index >= 15 is 0 Å². The monoisotopic (exact) mass is 343 g/mol. The van der Waals surface area contributed by atoms with Crippen molar-refractivity contribution >= 4 is 21.8 Å². The van der Waals surface area contributed by atoms with Gasteiger partial charge in [0.15, 0.2) is 0 Å². The Morgan fingerprint density at radius 1 is 1.26 bits per heavy atom. The summed E-state index contributed by atoms with van der Waals surface area (Å²) in [6.07, 6.45) is 0. The molecule has 0 aliphatic heterocycles. The lowest BCUT2D eigenvalue weighted by Gasteiger charge is -2.26. The first-order chi connectivity index (χ1) is 10.5. The molecule has 1 aromatic carbocycles. The number of amides is 2. The zero-order chi connectivity index (χ0) is 17.8. The van der Waals surface area contributed by atoms with Crippen molar-refractivity contribution in [3.8, 4) is 0 Å². The Balaban J connectivity index is 3.01. The number of nitrogens with one attached hydrogen (secondary N) is 1. The molecule has 0 aliphatic rings. The number of nitrogens with two attached hydrogens (primary N) is 1. The first-order valence-corrected chi connectivity index (χ1v) is 8.12. The molecule has 3 N–H and O–H groups in total. The highest BCUT2D eigenvalue weighted by molar-refractivity contribution is 7.89. The molecule has 0 aromatic heterocycles. The van der Waals surface area contributed by atoms with Gasteiger partial charge in [-0.15, -0.1) is 0 Å². The molecule has 1 aromatic rings. The van der Waals surface area contributed by atoms with Gasteiger partial charge in [0.25, 0.3) is 5.91 Å². The summed E-state index contributed by atoms with van der Waals surface area (Å²) in [5, 5.41) is 2.49. The Kier molecular flexibility index (Phi) is 5.86. The molecule has 0 saturated heterocycles. The number of sulfonamides is 1. The summed E-state index contributed by atoms with van der Waals surface area (Å²) < 4.78 is 29.9. The normalized spacial score (nSPS) is 14.3. The number of rotatable bonds is 7. The topological polar surface area (TPSA) is 119 Å². The van der Waals surface area contributed by atoms with E-state index in [1.807, 2.05) is 0 Å². The van der Waals surface area contributed by atoms with Crippen molar-refractivity contribution in [2.24, 2.45) is 5.73 Å². The van der Waals surface area contributed by atoms with Gasteiger partial charge in [0, 0.05) is 26.8 Å². The fraction of sp³-hybridized carbons (Fsp3) is 0.429. The van der Waals surface area contributed by atoms with Crippen LogP contribution in [0, 0.1) is 0 Å². The van der Waals surface area contributed by atoms with E-state index in [1.54, 1.807) is 0 Å². The molecule has 0 fully saturated rings. The van der Waals surface area contributed by atoms with Crippen molar-refractivity contribution in [1.82, 2.24) is 9.62 Å². The average Bonchev–Trinajstić information content (AvgIpc) is 2.47. The summed E-state index contributed by atoms with van der Waals surface area (Å²) in [5.41, 5.74) is 4.12. The largest absolute Gasteiger partial charge is 0.382 e. The van der Waals surface area contributed by atoms with Gasteiger partial charge in [0.1, 0.15) is 5.54 Å². The molecule has 0 aliphatic carbocycles. The molecule has 23 heavy (non-hydrogen) atoms. The average molecular weight is 343 g/mol. The lowest BCUT2D eigenvalue weighted by Crippen LogP contribution is -2.58. The van der Waals surface area contributed by atoms with Crippen molar-refractivity contribution in [2.45, 2.75) is 17.4 Å². The molecule has 0 heterocycles. The van der Waals surface area contributed by atoms with E-state index in [4.69, 9.17) is 10.5 Å². The molecule has 9 heteroatoms. The fourth-order valence-electron chi connectivity index (χ4n) is 1.77. The van der Waals surface area contributed by atoms with Crippen LogP contribution in [0.1, 0.15) is 17.3 Å². The third kappa shape index (κ3) is 4.27. The second-order valence-corrected chi connectivity index (χ2v) is 7.55. The Morgan fingerprint density at radius 3 is 2.17 bits per heavy atom. The number of carbonyl (C=O) groups is 2. The predicted octanol–water partition coefficient (Wildman–Crippen LogP) is -0.443. The quantitative estimate of drug-likeness (QED) is 0.695. The molecule has 0 radical (unpaired) electrons. The number of carbonyl (C=O) groups excluding carboxylic acids is 2. The first kappa shape index (κ1) is 19.1. The number of methoxy groups -OCH3 is 1. The van der Waals surface area contributed by atoms with Crippen LogP contribution >= 0.6 is 0 Å². The molecule has 1 atom stereocenters. The summed E-state index contributed by atoms with van der Waals surface area (Å²) in [6, 6.07) is 5.37. The molecule has 0 saturated carbocycles. The molecule has 1 rings (SSSR count). The molecule has 0 spiro atoms. The Morgan fingerprint density at radius 2 is 1.78 bits per heavy atom. The summed E-state index contributed by atoms with van der Waals surface area (Å²) in [7, 11) is 0.646. The highest BCUT2D eigenvalue weighted by Crippen LogP contribution is 2.15. The zero-order valence-electron chi connectivity index (χ0n) is 13.5. The van der Waals surface area contributed by atoms with Crippen molar-refractivity contribution < 1.29 is 22.7 Å². The van der Waals surface area contributed by atoms with Crippen molar-refractivity contribution in [1.29, 1.82) is 0 Å². The third-order valence-electron chi connectivity index (χ3n) is 3.26. The van der Waals surface area contributed by atoms with Gasteiger partial charge >= 0.3 is 0 Å². The Hall–Kier alpha value is -1.97. The summed E-state index contributed by atoms with van der Waals surface area (Å²) >= 11 is 0. The van der Waals surface area contributed by atoms with Gasteiger partial charge in [-0.05, 0) is 31.2 Å². The van der Waals surface area contributed by atoms with Crippen LogP contribution in [0.4, 0.5) is 0 Å². The molecule has 128 valence electrons. The van der Waals surface area contributed by atoms with Gasteiger partial charge in [-0.3, -0.25) is 9.59 Å². The van der Waals surface area contributed by atoms with Crippen molar-refractivity contribution in [3.63, 3.8) is 0 Å². The minimum Gasteiger partial charge on any atom is -0.382 e. The summed E-state index contributed by atoms with van der Waals surface area (Å²) in [6.45, 7) is 1.36. The standard InChI is InChI=1S/C14H21N3O5S/c1-14(9-22-4,13(15)19)16-12(18)10-5-7-11(8-6-10)23(20,21)17(2)3/h5-8H,9H2,1-4H3,(H2,15,19)(H,16,18). The SMILES string of the molecule is COCC(C)(NC(=O)c1ccc(S(=O)(=O)N(C)C)cc1)C(N)=O. The second-order valence-electron chi connectivity index (χ2n) is 5.40. The molecular weight excluding hydrogens is 322 g/mol. The molecule has 1 unspecified atom stereocenters. The number of ether oxygens (including phenoxy) is 1. The maximum Gasteiger partial charge on any atom is 0.252 e. The molecule has 2 amide bonds. The molecule has 8 nitrogen and oxygen atoms in total. The summed E-state index contributed by atoms with van der Waals surface area (Å²) in [5.74, 6) is -1.29. The van der Waals surface area contributed by atoms with E-state index in [0.29, 0.717) is 0 Å². The van der Waals surface area contributed by atoms with Gasteiger partial charge < -0.3 is 15.8 Å². The lowest BCUT2D eigenvalue weighted by molar-refractivity contribution is -0.125. The van der Waals surface area contributed by atoms with Crippen molar-refractivity contribution in [3.05, 3.63) is 29.8 Å². The number of benzene rings is 1. The van der Waals surface area contributed by atoms with Crippen LogP contribution in [-0.4, -0.2) is 57.9 Å². The van der Waals surface area contributed by atoms with Crippen LogP contribution in [0.2, 0.25) is 0 Å². The van der Waals surface area contributed by atoms with Crippen LogP contribution in [0.15, 0.2) is 29.2 Å². The van der Waals surface area contributed by atoms with E-state index < -0.39 is 27.4 Å². The van der Waals surface area contributed by atoms with Crippen LogP contribution in [0.3, 0.4) is 0 Å². The maximum absolute atomic E-state index is 12.2. The van der Waals surface area contributed by atoms with Crippen LogP contribution < -0.4 is 11.1 Å². The number of hydrogen-bond acceptors (Lipinski definition) is 5. The minimum absolute atomic E-state index is 0.0635. The smallest absolute Gasteiger partial charge is 0.252 e. The van der Waals surface area contributed by atoms with E-state index in [-0.39, 0.29) is 17.1 Å². The Labute approximate surface area is 135 Å². The van der Waals surface area contributed by atoms with E-state index in [0.717, 1.165) is 4.31 Å². The second kappa shape index (κ2) is 7.07. The third-order valence-corrected chi connectivity index (χ3v) is 5.09. The van der Waals surface area contributed by atoms with E-state index in [9.17, 15) is 18.0 Å². The van der Waals surface area contributed by atoms with Gasteiger partial charge in [-0.1, -0.05) is 0 Å². The minimum atomic E-state index is -3.57. The molecular formula is C14H21N3O5S. The van der Waals surface area contributed by atoms with E-state index in [2.05, 4.69) is 5.32 Å². The number of nitrogens with zero attached hydrogens (tertiary/aromatic N) is 1. The van der Waals surface area contributed by atoms with Crippen LogP contribution in [-0.2, 0) is 19.6 Å². The highest BCUT2D eigenvalue weighted by Gasteiger charge is 2.33. The van der Waals surface area contributed by atoms with Gasteiger partial charge in [0.05, 0.1) is 11.5 Å². The van der Waals surface area contributed by atoms with Crippen molar-refractivity contribution in [2.75, 3.05) is 27.8 Å². The fourth-order valence-corrected chi connectivity index (χ4v) is 2.67. The van der Waals surface area contributed by atoms with Crippen LogP contribution in [0.25, 0.3) is 0 Å². The summed E-state index contributed by atoms with van der Waals surface area (Å²) in [4.78, 5) is 23.7. The first-order valence-electron chi connectivity index (χ1n) is 6.68. The van der Waals surface area contributed by atoms with Gasteiger partial charge in [-0.2, -0.15) is 0 Å². The number of primary amides is 1. The van der Waals surface area contributed by atoms with Crippen LogP contribution in [0.5, 0.6) is 0 Å². The number of hydrogen-bond donors (Lipinski definition) is 2. The van der Waals surface area contributed by atoms with Gasteiger partial charge in [-0.25, -0.2) is 12.7 Å². The molecule has 0 bridgehead atoms.